The van der Waals surface area contributed by atoms with Crippen LogP contribution in [0.25, 0.3) is 22.6 Å². The van der Waals surface area contributed by atoms with Gasteiger partial charge in [-0.05, 0) is 55.0 Å². The topological polar surface area (TPSA) is 44.5 Å². The van der Waals surface area contributed by atoms with E-state index in [0.717, 1.165) is 47.1 Å². The Bertz CT molecular complexity index is 853. The molecule has 4 nitrogen and oxygen atoms in total. The fourth-order valence-electron chi connectivity index (χ4n) is 3.45. The highest BCUT2D eigenvalue weighted by atomic mass is 16.5. The minimum absolute atomic E-state index is 0.739. The van der Waals surface area contributed by atoms with E-state index in [9.17, 15) is 0 Å². The first kappa shape index (κ1) is 21.9. The largest absolute Gasteiger partial charge is 0.497 e. The zero-order chi connectivity index (χ0) is 21.0. The maximum atomic E-state index is 5.88. The van der Waals surface area contributed by atoms with Crippen LogP contribution in [-0.4, -0.2) is 18.9 Å². The molecule has 0 aliphatic rings. The van der Waals surface area contributed by atoms with Gasteiger partial charge in [-0.15, -0.1) is 0 Å². The van der Waals surface area contributed by atoms with Crippen LogP contribution >= 0.6 is 0 Å². The zero-order valence-corrected chi connectivity index (χ0v) is 18.2. The summed E-state index contributed by atoms with van der Waals surface area (Å²) < 4.78 is 16.6. The molecule has 0 unspecified atom stereocenters. The molecular weight excluding hydrogens is 374 g/mol. The fraction of sp³-hybridized carbons (Fsp3) is 0.423. The number of ether oxygens (including phenoxy) is 2. The fourth-order valence-corrected chi connectivity index (χ4v) is 3.45. The lowest BCUT2D eigenvalue weighted by molar-refractivity contribution is 0.304. The van der Waals surface area contributed by atoms with Gasteiger partial charge < -0.3 is 14.0 Å². The highest BCUT2D eigenvalue weighted by Crippen LogP contribution is 2.28. The number of methoxy groups -OCH3 is 1. The van der Waals surface area contributed by atoms with Gasteiger partial charge in [0.25, 0.3) is 0 Å². The van der Waals surface area contributed by atoms with E-state index in [-0.39, 0.29) is 0 Å². The summed E-state index contributed by atoms with van der Waals surface area (Å²) >= 11 is 0. The normalized spacial score (nSPS) is 10.9. The average molecular weight is 408 g/mol. The van der Waals surface area contributed by atoms with Crippen molar-refractivity contribution in [3.8, 4) is 34.1 Å². The van der Waals surface area contributed by atoms with E-state index in [4.69, 9.17) is 14.0 Å². The second kappa shape index (κ2) is 12.1. The number of rotatable bonds is 13. The maximum Gasteiger partial charge on any atom is 0.167 e. The minimum atomic E-state index is 0.739. The van der Waals surface area contributed by atoms with E-state index >= 15 is 0 Å². The molecule has 0 amide bonds. The Hall–Kier alpha value is -2.75. The molecule has 3 rings (SSSR count). The lowest BCUT2D eigenvalue weighted by Crippen LogP contribution is -1.97. The molecule has 0 atom stereocenters. The third-order valence-electron chi connectivity index (χ3n) is 5.30. The Morgan fingerprint density at radius 1 is 0.733 bits per heavy atom. The molecule has 2 aromatic carbocycles. The van der Waals surface area contributed by atoms with Crippen LogP contribution in [0, 0.1) is 0 Å². The van der Waals surface area contributed by atoms with Crippen LogP contribution in [0.2, 0.25) is 0 Å². The summed E-state index contributed by atoms with van der Waals surface area (Å²) in [6, 6.07) is 17.8. The van der Waals surface area contributed by atoms with Crippen molar-refractivity contribution >= 4 is 0 Å². The molecule has 0 fully saturated rings. The Morgan fingerprint density at radius 3 is 2.00 bits per heavy atom. The van der Waals surface area contributed by atoms with E-state index in [2.05, 4.69) is 12.1 Å². The molecule has 1 heterocycles. The van der Waals surface area contributed by atoms with Gasteiger partial charge in [-0.25, -0.2) is 0 Å². The third-order valence-corrected chi connectivity index (χ3v) is 5.30. The van der Waals surface area contributed by atoms with Crippen LogP contribution in [0.15, 0.2) is 59.1 Å². The highest BCUT2D eigenvalue weighted by Gasteiger charge is 2.09. The molecule has 0 spiro atoms. The number of unbranched alkanes of at least 4 members (excludes halogenated alkanes) is 7. The summed E-state index contributed by atoms with van der Waals surface area (Å²) in [6.07, 6.45) is 10.5. The van der Waals surface area contributed by atoms with Crippen LogP contribution in [0.3, 0.4) is 0 Å². The van der Waals surface area contributed by atoms with Gasteiger partial charge in [-0.1, -0.05) is 57.0 Å². The maximum absolute atomic E-state index is 5.88. The van der Waals surface area contributed by atoms with Crippen LogP contribution in [-0.2, 0) is 0 Å². The Morgan fingerprint density at radius 2 is 1.33 bits per heavy atom. The highest BCUT2D eigenvalue weighted by molar-refractivity contribution is 5.67. The molecule has 0 saturated carbocycles. The summed E-state index contributed by atoms with van der Waals surface area (Å²) in [4.78, 5) is 0. The lowest BCUT2D eigenvalue weighted by atomic mass is 10.1. The van der Waals surface area contributed by atoms with Gasteiger partial charge in [0, 0.05) is 17.2 Å². The molecule has 4 heteroatoms. The predicted octanol–water partition coefficient (Wildman–Crippen LogP) is 7.54. The molecule has 160 valence electrons. The van der Waals surface area contributed by atoms with Crippen LogP contribution in [0.1, 0.15) is 58.3 Å². The Labute approximate surface area is 180 Å². The van der Waals surface area contributed by atoms with Crippen molar-refractivity contribution in [2.24, 2.45) is 0 Å². The molecule has 0 aliphatic heterocycles. The van der Waals surface area contributed by atoms with Crippen molar-refractivity contribution in [1.29, 1.82) is 0 Å². The quantitative estimate of drug-likeness (QED) is 0.275. The van der Waals surface area contributed by atoms with E-state index in [0.29, 0.717) is 0 Å². The van der Waals surface area contributed by atoms with Gasteiger partial charge in [-0.2, -0.15) is 0 Å². The summed E-state index contributed by atoms with van der Waals surface area (Å²) in [7, 11) is 1.66. The molecule has 0 radical (unpaired) electrons. The second-order valence-electron chi connectivity index (χ2n) is 7.65. The number of hydrogen-bond acceptors (Lipinski definition) is 4. The van der Waals surface area contributed by atoms with E-state index < -0.39 is 0 Å². The van der Waals surface area contributed by atoms with Crippen molar-refractivity contribution in [3.05, 3.63) is 54.6 Å². The van der Waals surface area contributed by atoms with Crippen molar-refractivity contribution in [2.45, 2.75) is 58.3 Å². The summed E-state index contributed by atoms with van der Waals surface area (Å²) in [6.45, 7) is 3.04. The van der Waals surface area contributed by atoms with Crippen LogP contribution < -0.4 is 9.47 Å². The van der Waals surface area contributed by atoms with E-state index in [1.54, 1.807) is 7.11 Å². The Balaban J connectivity index is 1.43. The van der Waals surface area contributed by atoms with Crippen molar-refractivity contribution in [1.82, 2.24) is 5.16 Å². The van der Waals surface area contributed by atoms with Crippen LogP contribution in [0.4, 0.5) is 0 Å². The molecule has 0 N–H and O–H groups in total. The molecule has 1 aromatic heterocycles. The standard InChI is InChI=1S/C26H33NO3/c1-3-4-5-6-7-8-9-10-19-29-24-17-11-21(12-18-24)25-20-26(30-27-25)22-13-15-23(28-2)16-14-22/h11-18,20H,3-10,19H2,1-2H3. The monoisotopic (exact) mass is 407 g/mol. The first-order valence-electron chi connectivity index (χ1n) is 11.1. The first-order chi connectivity index (χ1) is 14.8. The number of benzene rings is 2. The van der Waals surface area contributed by atoms with E-state index in [1.165, 1.54) is 44.9 Å². The predicted molar refractivity (Wildman–Crippen MR) is 122 cm³/mol. The summed E-state index contributed by atoms with van der Waals surface area (Å²) in [5, 5.41) is 4.21. The van der Waals surface area contributed by atoms with Gasteiger partial charge in [0.1, 0.15) is 17.2 Å². The summed E-state index contributed by atoms with van der Waals surface area (Å²) in [5.41, 5.74) is 2.80. The molecular formula is C26H33NO3. The average Bonchev–Trinajstić information content (AvgIpc) is 3.29. The number of nitrogens with zero attached hydrogens (tertiary/aromatic N) is 1. The smallest absolute Gasteiger partial charge is 0.167 e. The van der Waals surface area contributed by atoms with Gasteiger partial charge in [0.15, 0.2) is 5.76 Å². The molecule has 0 saturated heterocycles. The van der Waals surface area contributed by atoms with Gasteiger partial charge in [0.2, 0.25) is 0 Å². The SMILES string of the molecule is CCCCCCCCCCOc1ccc(-c2cc(-c3ccc(OC)cc3)on2)cc1. The number of hydrogen-bond donors (Lipinski definition) is 0. The first-order valence-corrected chi connectivity index (χ1v) is 11.1. The second-order valence-corrected chi connectivity index (χ2v) is 7.65. The third kappa shape index (κ3) is 6.65. The summed E-state index contributed by atoms with van der Waals surface area (Å²) in [5.74, 6) is 2.46. The lowest BCUT2D eigenvalue weighted by Gasteiger charge is -2.06. The molecule has 0 aliphatic carbocycles. The zero-order valence-electron chi connectivity index (χ0n) is 18.2. The van der Waals surface area contributed by atoms with Crippen molar-refractivity contribution < 1.29 is 14.0 Å². The van der Waals surface area contributed by atoms with Crippen LogP contribution in [0.5, 0.6) is 11.5 Å². The number of aromatic nitrogens is 1. The van der Waals surface area contributed by atoms with E-state index in [1.807, 2.05) is 54.6 Å². The molecule has 30 heavy (non-hydrogen) atoms. The Kier molecular flexibility index (Phi) is 8.82. The molecule has 3 aromatic rings. The molecule has 0 bridgehead atoms. The van der Waals surface area contributed by atoms with Crippen molar-refractivity contribution in [2.75, 3.05) is 13.7 Å². The van der Waals surface area contributed by atoms with Crippen molar-refractivity contribution in [3.63, 3.8) is 0 Å². The van der Waals surface area contributed by atoms with Gasteiger partial charge >= 0.3 is 0 Å². The van der Waals surface area contributed by atoms with Gasteiger partial charge in [-0.3, -0.25) is 0 Å². The van der Waals surface area contributed by atoms with Gasteiger partial charge in [0.05, 0.1) is 13.7 Å². The minimum Gasteiger partial charge on any atom is -0.497 e.